The molecule has 1 aromatic heterocycles. The van der Waals surface area contributed by atoms with Crippen LogP contribution in [0.4, 0.5) is 0 Å². The van der Waals surface area contributed by atoms with E-state index in [1.54, 1.807) is 11.9 Å². The lowest BCUT2D eigenvalue weighted by molar-refractivity contribution is 0.0710. The zero-order valence-electron chi connectivity index (χ0n) is 13.9. The van der Waals surface area contributed by atoms with Gasteiger partial charge < -0.3 is 15.1 Å². The Balaban J connectivity index is 0.00000242. The molecule has 0 aliphatic heterocycles. The van der Waals surface area contributed by atoms with Crippen molar-refractivity contribution in [3.8, 4) is 0 Å². The van der Waals surface area contributed by atoms with Gasteiger partial charge >= 0.3 is 0 Å². The second-order valence-electron chi connectivity index (χ2n) is 6.54. The Morgan fingerprint density at radius 1 is 1.32 bits per heavy atom. The quantitative estimate of drug-likeness (QED) is 0.936. The number of carbonyl (C=O) groups is 1. The number of carbonyl (C=O) groups excluding carboxylic acids is 1. The molecule has 0 radical (unpaired) electrons. The molecule has 2 N–H and O–H groups in total. The van der Waals surface area contributed by atoms with Crippen LogP contribution in [0.25, 0.3) is 11.0 Å². The fourth-order valence-corrected chi connectivity index (χ4v) is 2.54. The maximum atomic E-state index is 12.6. The lowest BCUT2D eigenvalue weighted by Crippen LogP contribution is -2.39. The summed E-state index contributed by atoms with van der Waals surface area (Å²) in [7, 11) is 1.79. The maximum Gasteiger partial charge on any atom is 0.289 e. The molecule has 4 nitrogen and oxygen atoms in total. The van der Waals surface area contributed by atoms with Crippen LogP contribution in [0, 0.1) is 19.3 Å². The Morgan fingerprint density at radius 2 is 1.95 bits per heavy atom. The minimum atomic E-state index is -0.111. The summed E-state index contributed by atoms with van der Waals surface area (Å²) >= 11 is 0. The number of aryl methyl sites for hydroxylation is 2. The third-order valence-electron chi connectivity index (χ3n) is 3.92. The molecule has 0 fully saturated rings. The van der Waals surface area contributed by atoms with Gasteiger partial charge in [-0.1, -0.05) is 32.0 Å². The van der Waals surface area contributed by atoms with Gasteiger partial charge in [0.2, 0.25) is 0 Å². The number of nitrogens with zero attached hydrogens (tertiary/aromatic N) is 1. The molecule has 2 aromatic rings. The average molecular weight is 325 g/mol. The van der Waals surface area contributed by atoms with Gasteiger partial charge in [0.15, 0.2) is 5.76 Å². The van der Waals surface area contributed by atoms with E-state index < -0.39 is 0 Å². The summed E-state index contributed by atoms with van der Waals surface area (Å²) < 4.78 is 5.84. The molecule has 0 unspecified atom stereocenters. The van der Waals surface area contributed by atoms with Crippen LogP contribution in [-0.2, 0) is 0 Å². The summed E-state index contributed by atoms with van der Waals surface area (Å²) in [5, 5.41) is 1.00. The summed E-state index contributed by atoms with van der Waals surface area (Å²) in [6.45, 7) is 9.14. The SMILES string of the molecule is Cc1c(C(=O)N(C)CC(C)(C)CN)oc2c(C)cccc12.Cl. The van der Waals surface area contributed by atoms with E-state index in [-0.39, 0.29) is 23.7 Å². The van der Waals surface area contributed by atoms with E-state index in [0.29, 0.717) is 18.8 Å². The summed E-state index contributed by atoms with van der Waals surface area (Å²) in [5.41, 5.74) is 8.37. The van der Waals surface area contributed by atoms with Crippen molar-refractivity contribution < 1.29 is 9.21 Å². The predicted molar refractivity (Wildman–Crippen MR) is 92.7 cm³/mol. The molecule has 0 spiro atoms. The molecule has 1 heterocycles. The van der Waals surface area contributed by atoms with E-state index in [2.05, 4.69) is 0 Å². The van der Waals surface area contributed by atoms with Gasteiger partial charge in [-0.3, -0.25) is 4.79 Å². The molecule has 122 valence electrons. The predicted octanol–water partition coefficient (Wildman–Crippen LogP) is 3.53. The maximum absolute atomic E-state index is 12.6. The fourth-order valence-electron chi connectivity index (χ4n) is 2.54. The molecule has 22 heavy (non-hydrogen) atoms. The van der Waals surface area contributed by atoms with Crippen molar-refractivity contribution in [1.29, 1.82) is 0 Å². The highest BCUT2D eigenvalue weighted by atomic mass is 35.5. The van der Waals surface area contributed by atoms with Crippen molar-refractivity contribution in [2.45, 2.75) is 27.7 Å². The van der Waals surface area contributed by atoms with Gasteiger partial charge in [0.1, 0.15) is 5.58 Å². The highest BCUT2D eigenvalue weighted by Crippen LogP contribution is 2.28. The van der Waals surface area contributed by atoms with Gasteiger partial charge in [-0.25, -0.2) is 0 Å². The van der Waals surface area contributed by atoms with Crippen LogP contribution >= 0.6 is 12.4 Å². The summed E-state index contributed by atoms with van der Waals surface area (Å²) in [5.74, 6) is 0.333. The monoisotopic (exact) mass is 324 g/mol. The molecule has 0 saturated carbocycles. The third kappa shape index (κ3) is 3.45. The van der Waals surface area contributed by atoms with Gasteiger partial charge in [0, 0.05) is 24.5 Å². The van der Waals surface area contributed by atoms with Gasteiger partial charge in [0.05, 0.1) is 0 Å². The molecule has 0 bridgehead atoms. The summed E-state index contributed by atoms with van der Waals surface area (Å²) in [6.07, 6.45) is 0. The van der Waals surface area contributed by atoms with E-state index in [1.165, 1.54) is 0 Å². The number of furan rings is 1. The average Bonchev–Trinajstić information content (AvgIpc) is 2.77. The molecule has 2 rings (SSSR count). The number of nitrogens with two attached hydrogens (primary N) is 1. The number of halogens is 1. The summed E-state index contributed by atoms with van der Waals surface area (Å²) in [4.78, 5) is 14.3. The number of hydrogen-bond donors (Lipinski definition) is 1. The van der Waals surface area contributed by atoms with Crippen LogP contribution in [0.5, 0.6) is 0 Å². The number of rotatable bonds is 4. The van der Waals surface area contributed by atoms with Gasteiger partial charge in [-0.15, -0.1) is 12.4 Å². The molecule has 5 heteroatoms. The number of amides is 1. The van der Waals surface area contributed by atoms with Crippen LogP contribution in [0.15, 0.2) is 22.6 Å². The number of fused-ring (bicyclic) bond motifs is 1. The van der Waals surface area contributed by atoms with Gasteiger partial charge in [-0.05, 0) is 31.4 Å². The van der Waals surface area contributed by atoms with E-state index in [1.807, 2.05) is 45.9 Å². The second kappa shape index (κ2) is 6.71. The first-order chi connectivity index (χ1) is 9.76. The lowest BCUT2D eigenvalue weighted by Gasteiger charge is -2.28. The molecule has 1 aromatic carbocycles. The molecule has 1 amide bonds. The fraction of sp³-hybridized carbons (Fsp3) is 0.471. The van der Waals surface area contributed by atoms with E-state index >= 15 is 0 Å². The highest BCUT2D eigenvalue weighted by molar-refractivity contribution is 5.99. The minimum Gasteiger partial charge on any atom is -0.450 e. The van der Waals surface area contributed by atoms with E-state index in [0.717, 1.165) is 22.1 Å². The Kier molecular flexibility index (Phi) is 5.65. The smallest absolute Gasteiger partial charge is 0.289 e. The molecule has 0 aliphatic rings. The van der Waals surface area contributed by atoms with Crippen LogP contribution in [0.3, 0.4) is 0 Å². The first kappa shape index (κ1) is 18.5. The molecular formula is C17H25ClN2O2. The third-order valence-corrected chi connectivity index (χ3v) is 3.92. The first-order valence-corrected chi connectivity index (χ1v) is 7.21. The second-order valence-corrected chi connectivity index (χ2v) is 6.54. The summed E-state index contributed by atoms with van der Waals surface area (Å²) in [6, 6.07) is 5.96. The number of para-hydroxylation sites is 1. The molecule has 0 saturated heterocycles. The van der Waals surface area contributed by atoms with Crippen molar-refractivity contribution in [3.63, 3.8) is 0 Å². The van der Waals surface area contributed by atoms with Gasteiger partial charge in [0.25, 0.3) is 5.91 Å². The Hall–Kier alpha value is -1.52. The Morgan fingerprint density at radius 3 is 2.50 bits per heavy atom. The van der Waals surface area contributed by atoms with Crippen LogP contribution in [-0.4, -0.2) is 30.9 Å². The van der Waals surface area contributed by atoms with Crippen molar-refractivity contribution in [3.05, 3.63) is 35.1 Å². The Bertz CT molecular complexity index is 677. The van der Waals surface area contributed by atoms with Crippen LogP contribution < -0.4 is 5.73 Å². The highest BCUT2D eigenvalue weighted by Gasteiger charge is 2.26. The van der Waals surface area contributed by atoms with Crippen molar-refractivity contribution >= 4 is 29.3 Å². The van der Waals surface area contributed by atoms with Crippen LogP contribution in [0.1, 0.15) is 35.5 Å². The minimum absolute atomic E-state index is 0. The van der Waals surface area contributed by atoms with Crippen molar-refractivity contribution in [1.82, 2.24) is 4.90 Å². The molecule has 0 aliphatic carbocycles. The lowest BCUT2D eigenvalue weighted by atomic mass is 9.93. The molecule has 0 atom stereocenters. The van der Waals surface area contributed by atoms with Crippen molar-refractivity contribution in [2.75, 3.05) is 20.1 Å². The van der Waals surface area contributed by atoms with E-state index in [4.69, 9.17) is 10.2 Å². The number of hydrogen-bond acceptors (Lipinski definition) is 3. The molecular weight excluding hydrogens is 300 g/mol. The van der Waals surface area contributed by atoms with Crippen LogP contribution in [0.2, 0.25) is 0 Å². The van der Waals surface area contributed by atoms with Crippen molar-refractivity contribution in [2.24, 2.45) is 11.1 Å². The van der Waals surface area contributed by atoms with E-state index in [9.17, 15) is 4.79 Å². The van der Waals surface area contributed by atoms with Gasteiger partial charge in [-0.2, -0.15) is 0 Å². The standard InChI is InChI=1S/C17H24N2O2.ClH/c1-11-7-6-8-13-12(2)15(21-14(11)13)16(20)19(5)10-17(3,4)9-18;/h6-8H,9-10,18H2,1-5H3;1H. The topological polar surface area (TPSA) is 59.5 Å². The Labute approximate surface area is 138 Å². The normalized spacial score (nSPS) is 11.4. The number of benzene rings is 1. The zero-order chi connectivity index (χ0) is 15.8. The largest absolute Gasteiger partial charge is 0.450 e. The first-order valence-electron chi connectivity index (χ1n) is 7.21. The zero-order valence-corrected chi connectivity index (χ0v) is 14.7.